The molecule has 32 heavy (non-hydrogen) atoms. The van der Waals surface area contributed by atoms with Crippen LogP contribution in [0.25, 0.3) is 0 Å². The second-order valence-corrected chi connectivity index (χ2v) is 7.44. The lowest BCUT2D eigenvalue weighted by Crippen LogP contribution is -2.38. The highest BCUT2D eigenvalue weighted by Gasteiger charge is 2.20. The first kappa shape index (κ1) is 23.4. The third-order valence-corrected chi connectivity index (χ3v) is 4.60. The number of amides is 1. The molecule has 0 aromatic heterocycles. The normalized spacial score (nSPS) is 20.8. The van der Waals surface area contributed by atoms with Crippen LogP contribution in [0.4, 0.5) is 4.79 Å². The molecule has 1 aromatic carbocycles. The van der Waals surface area contributed by atoms with Gasteiger partial charge in [0.1, 0.15) is 25.3 Å². The number of oxime groups is 1. The van der Waals surface area contributed by atoms with Crippen molar-refractivity contribution >= 4 is 23.5 Å². The van der Waals surface area contributed by atoms with E-state index < -0.39 is 6.09 Å². The lowest BCUT2D eigenvalue weighted by molar-refractivity contribution is 0.0226. The molecule has 0 saturated carbocycles. The zero-order chi connectivity index (χ0) is 22.9. The fraction of sp³-hybridized carbons (Fsp3) is 0.429. The fourth-order valence-electron chi connectivity index (χ4n) is 3.06. The lowest BCUT2D eigenvalue weighted by atomic mass is 10.0. The molecule has 2 aliphatic heterocycles. The van der Waals surface area contributed by atoms with Gasteiger partial charge in [-0.25, -0.2) is 15.6 Å². The smallest absolute Gasteiger partial charge is 0.412 e. The molecule has 0 spiro atoms. The number of carbonyl (C=O) groups excluding carboxylic acids is 1. The van der Waals surface area contributed by atoms with Gasteiger partial charge in [0.25, 0.3) is 0 Å². The van der Waals surface area contributed by atoms with Gasteiger partial charge >= 0.3 is 6.09 Å². The summed E-state index contributed by atoms with van der Waals surface area (Å²) in [5, 5.41) is 16.1. The summed E-state index contributed by atoms with van der Waals surface area (Å²) >= 11 is 0. The number of carbonyl (C=O) groups is 1. The third kappa shape index (κ3) is 6.87. The zero-order valence-corrected chi connectivity index (χ0v) is 18.1. The van der Waals surface area contributed by atoms with Crippen molar-refractivity contribution in [1.82, 2.24) is 10.3 Å². The molecule has 3 rings (SSSR count). The monoisotopic (exact) mass is 444 g/mol. The Morgan fingerprint density at radius 3 is 2.88 bits per heavy atom. The van der Waals surface area contributed by atoms with Crippen molar-refractivity contribution in [2.24, 2.45) is 21.9 Å². The molecule has 1 aromatic rings. The number of hydrogen-bond acceptors (Lipinski definition) is 9. The van der Waals surface area contributed by atoms with Crippen LogP contribution in [0.3, 0.4) is 0 Å². The van der Waals surface area contributed by atoms with Crippen LogP contribution in [0.5, 0.6) is 0 Å². The van der Waals surface area contributed by atoms with Crippen molar-refractivity contribution in [3.8, 4) is 0 Å². The van der Waals surface area contributed by atoms with Crippen LogP contribution < -0.4 is 11.2 Å². The Kier molecular flexibility index (Phi) is 8.31. The van der Waals surface area contributed by atoms with E-state index in [1.165, 1.54) is 0 Å². The number of allylic oxidation sites excluding steroid dienone is 1. The third-order valence-electron chi connectivity index (χ3n) is 4.60. The number of hydrazine groups is 1. The number of aliphatic imine (C=N–C) groups is 1. The predicted octanol–water partition coefficient (Wildman–Crippen LogP) is 1.61. The van der Waals surface area contributed by atoms with Crippen molar-refractivity contribution < 1.29 is 23.8 Å². The van der Waals surface area contributed by atoms with E-state index in [0.717, 1.165) is 5.01 Å². The maximum absolute atomic E-state index is 12.1. The van der Waals surface area contributed by atoms with Crippen LogP contribution in [0.1, 0.15) is 18.9 Å². The number of ether oxygens (including phenoxy) is 3. The van der Waals surface area contributed by atoms with E-state index in [0.29, 0.717) is 35.8 Å². The highest BCUT2D eigenvalue weighted by atomic mass is 16.7. The van der Waals surface area contributed by atoms with Crippen LogP contribution >= 0.6 is 0 Å². The van der Waals surface area contributed by atoms with Gasteiger partial charge in [0, 0.05) is 19.0 Å². The Hall–Kier alpha value is -3.28. The van der Waals surface area contributed by atoms with Crippen molar-refractivity contribution in [1.29, 1.82) is 5.41 Å². The van der Waals surface area contributed by atoms with Gasteiger partial charge in [-0.3, -0.25) is 15.7 Å². The molecule has 2 aliphatic rings. The summed E-state index contributed by atoms with van der Waals surface area (Å²) in [6.45, 7) is 2.79. The van der Waals surface area contributed by atoms with Crippen LogP contribution in [-0.4, -0.2) is 68.3 Å². The van der Waals surface area contributed by atoms with Crippen LogP contribution in [-0.2, 0) is 19.0 Å². The van der Waals surface area contributed by atoms with Gasteiger partial charge in [0.2, 0.25) is 0 Å². The molecule has 1 amide bonds. The second-order valence-electron chi connectivity index (χ2n) is 7.44. The Morgan fingerprint density at radius 1 is 1.41 bits per heavy atom. The van der Waals surface area contributed by atoms with Crippen molar-refractivity contribution in [2.75, 3.05) is 33.7 Å². The molecule has 0 radical (unpaired) electrons. The molecule has 2 heterocycles. The Labute approximate surface area is 186 Å². The SMILES string of the molecule is CC1C=C(CO/N=C(\C(=N)N(C)N)c2ccccc2)N=C(NC(=O)OCC2COCO2)C1. The Morgan fingerprint density at radius 2 is 2.19 bits per heavy atom. The average Bonchev–Trinajstić information content (AvgIpc) is 3.29. The van der Waals surface area contributed by atoms with Crippen LogP contribution in [0.15, 0.2) is 52.3 Å². The predicted molar refractivity (Wildman–Crippen MR) is 118 cm³/mol. The number of nitrogens with two attached hydrogens (primary N) is 1. The largest absolute Gasteiger partial charge is 0.446 e. The molecule has 4 N–H and O–H groups in total. The molecule has 1 saturated heterocycles. The first-order chi connectivity index (χ1) is 15.4. The molecular weight excluding hydrogens is 416 g/mol. The van der Waals surface area contributed by atoms with Gasteiger partial charge in [-0.05, 0) is 5.92 Å². The lowest BCUT2D eigenvalue weighted by Gasteiger charge is -2.19. The molecule has 1 fully saturated rings. The molecule has 0 bridgehead atoms. The first-order valence-corrected chi connectivity index (χ1v) is 10.2. The zero-order valence-electron chi connectivity index (χ0n) is 18.1. The first-order valence-electron chi connectivity index (χ1n) is 10.2. The summed E-state index contributed by atoms with van der Waals surface area (Å²) in [6, 6.07) is 9.18. The van der Waals surface area contributed by atoms with E-state index in [1.807, 2.05) is 43.3 Å². The maximum atomic E-state index is 12.1. The van der Waals surface area contributed by atoms with E-state index >= 15 is 0 Å². The summed E-state index contributed by atoms with van der Waals surface area (Å²) < 4.78 is 15.5. The number of rotatable bonds is 7. The number of likely N-dealkylation sites (N-methyl/N-ethyl adjacent to an activating group) is 1. The number of alkyl carbamates (subject to hydrolysis) is 1. The summed E-state index contributed by atoms with van der Waals surface area (Å²) in [4.78, 5) is 22.0. The fourth-order valence-corrected chi connectivity index (χ4v) is 3.06. The van der Waals surface area contributed by atoms with Crippen molar-refractivity contribution in [3.63, 3.8) is 0 Å². The topological polar surface area (TPSA) is 144 Å². The van der Waals surface area contributed by atoms with Crippen molar-refractivity contribution in [2.45, 2.75) is 19.4 Å². The molecule has 11 heteroatoms. The summed E-state index contributed by atoms with van der Waals surface area (Å²) in [7, 11) is 1.55. The summed E-state index contributed by atoms with van der Waals surface area (Å²) in [6.07, 6.45) is 1.65. The van der Waals surface area contributed by atoms with Gasteiger partial charge in [-0.1, -0.05) is 48.5 Å². The minimum absolute atomic E-state index is 0.00689. The van der Waals surface area contributed by atoms with Gasteiger partial charge in [0.15, 0.2) is 18.2 Å². The number of hydrogen-bond donors (Lipinski definition) is 3. The number of benzene rings is 1. The van der Waals surface area contributed by atoms with E-state index in [-0.39, 0.29) is 37.9 Å². The highest BCUT2D eigenvalue weighted by molar-refractivity contribution is 6.46. The van der Waals surface area contributed by atoms with E-state index in [9.17, 15) is 4.79 Å². The van der Waals surface area contributed by atoms with Crippen molar-refractivity contribution in [3.05, 3.63) is 47.7 Å². The quantitative estimate of drug-likeness (QED) is 0.251. The van der Waals surface area contributed by atoms with Gasteiger partial charge < -0.3 is 19.0 Å². The molecule has 2 atom stereocenters. The second kappa shape index (κ2) is 11.4. The number of nitrogens with one attached hydrogen (secondary N) is 2. The summed E-state index contributed by atoms with van der Waals surface area (Å²) in [5.74, 6) is 6.33. The molecule has 172 valence electrons. The van der Waals surface area contributed by atoms with Crippen LogP contribution in [0, 0.1) is 11.3 Å². The van der Waals surface area contributed by atoms with E-state index in [4.69, 9.17) is 30.3 Å². The Balaban J connectivity index is 1.59. The standard InChI is InChI=1S/C21H28N6O5/c1-14-8-16(24-18(9-14)25-21(28)30-12-17-11-29-13-31-17)10-32-26-19(20(22)27(2)23)15-6-4-3-5-7-15/h3-8,14,17,22H,9-13,23H2,1-2H3,(H,24,25,28)/b22-20?,26-19-. The Bertz CT molecular complexity index is 893. The maximum Gasteiger partial charge on any atom is 0.412 e. The highest BCUT2D eigenvalue weighted by Crippen LogP contribution is 2.17. The van der Waals surface area contributed by atoms with Crippen LogP contribution in [0.2, 0.25) is 0 Å². The summed E-state index contributed by atoms with van der Waals surface area (Å²) in [5.41, 5.74) is 1.60. The average molecular weight is 444 g/mol. The van der Waals surface area contributed by atoms with E-state index in [2.05, 4.69) is 15.5 Å². The van der Waals surface area contributed by atoms with Gasteiger partial charge in [0.05, 0.1) is 12.3 Å². The molecule has 11 nitrogen and oxygen atoms in total. The van der Waals surface area contributed by atoms with E-state index in [1.54, 1.807) is 7.05 Å². The number of nitrogens with zero attached hydrogens (tertiary/aromatic N) is 3. The number of amidine groups is 2. The minimum atomic E-state index is -0.600. The van der Waals surface area contributed by atoms with Gasteiger partial charge in [-0.15, -0.1) is 0 Å². The molecule has 2 unspecified atom stereocenters. The molecular formula is C21H28N6O5. The van der Waals surface area contributed by atoms with Gasteiger partial charge in [-0.2, -0.15) is 0 Å². The molecule has 0 aliphatic carbocycles. The minimum Gasteiger partial charge on any atom is -0.446 e.